The molecule has 9 nitrogen and oxygen atoms in total. The molecule has 176 valence electrons. The Kier molecular flexibility index (Phi) is 6.93. The van der Waals surface area contributed by atoms with Crippen molar-refractivity contribution in [2.75, 3.05) is 48.4 Å². The van der Waals surface area contributed by atoms with E-state index in [-0.39, 0.29) is 17.3 Å². The standard InChI is InChI=1S/C23H27N3O6S/c1-30-19-8-5-17(6-9-19)25-33(28,29)22-15-18(24-23(27)21-16-31-13-14-32-21)7-10-20(22)26-11-3-2-4-12-26/h5-10,15-16,25H,2-4,11-14H2,1H3,(H,24,27). The van der Waals surface area contributed by atoms with Crippen LogP contribution in [0.4, 0.5) is 17.1 Å². The van der Waals surface area contributed by atoms with Crippen molar-refractivity contribution in [3.8, 4) is 5.75 Å². The molecule has 1 saturated heterocycles. The summed E-state index contributed by atoms with van der Waals surface area (Å²) in [5, 5.41) is 2.69. The molecular formula is C23H27N3O6S. The van der Waals surface area contributed by atoms with E-state index in [9.17, 15) is 13.2 Å². The SMILES string of the molecule is COc1ccc(NS(=O)(=O)c2cc(NC(=O)C3=COCCO3)ccc2N2CCCCC2)cc1. The molecule has 0 atom stereocenters. The molecule has 2 N–H and O–H groups in total. The first-order valence-corrected chi connectivity index (χ1v) is 12.3. The second kappa shape index (κ2) is 10.0. The van der Waals surface area contributed by atoms with Gasteiger partial charge in [0.15, 0.2) is 0 Å². The van der Waals surface area contributed by atoms with Crippen molar-refractivity contribution in [3.63, 3.8) is 0 Å². The lowest BCUT2D eigenvalue weighted by molar-refractivity contribution is -0.117. The lowest BCUT2D eigenvalue weighted by Crippen LogP contribution is -2.31. The van der Waals surface area contributed by atoms with Crippen LogP contribution in [0.1, 0.15) is 19.3 Å². The van der Waals surface area contributed by atoms with Crippen LogP contribution in [0, 0.1) is 0 Å². The Bertz CT molecular complexity index is 1130. The first kappa shape index (κ1) is 22.8. The van der Waals surface area contributed by atoms with Crippen LogP contribution in [0.3, 0.4) is 0 Å². The largest absolute Gasteiger partial charge is 0.497 e. The van der Waals surface area contributed by atoms with E-state index in [2.05, 4.69) is 14.9 Å². The lowest BCUT2D eigenvalue weighted by Gasteiger charge is -2.30. The van der Waals surface area contributed by atoms with E-state index < -0.39 is 15.9 Å². The van der Waals surface area contributed by atoms with E-state index in [1.165, 1.54) is 12.3 Å². The molecule has 0 aliphatic carbocycles. The van der Waals surface area contributed by atoms with Crippen LogP contribution in [0.5, 0.6) is 5.75 Å². The van der Waals surface area contributed by atoms with E-state index >= 15 is 0 Å². The molecule has 2 aliphatic rings. The molecule has 0 unspecified atom stereocenters. The number of sulfonamides is 1. The summed E-state index contributed by atoms with van der Waals surface area (Å²) in [5.41, 5.74) is 1.35. The van der Waals surface area contributed by atoms with Crippen LogP contribution < -0.4 is 19.7 Å². The van der Waals surface area contributed by atoms with E-state index in [0.717, 1.165) is 32.4 Å². The van der Waals surface area contributed by atoms with Gasteiger partial charge in [-0.25, -0.2) is 8.42 Å². The minimum atomic E-state index is -3.95. The van der Waals surface area contributed by atoms with Crippen LogP contribution in [0.15, 0.2) is 59.4 Å². The zero-order valence-electron chi connectivity index (χ0n) is 18.4. The van der Waals surface area contributed by atoms with E-state index in [4.69, 9.17) is 14.2 Å². The van der Waals surface area contributed by atoms with Crippen molar-refractivity contribution >= 4 is 33.0 Å². The van der Waals surface area contributed by atoms with E-state index in [1.807, 2.05) is 0 Å². The number of anilines is 3. The molecule has 0 bridgehead atoms. The van der Waals surface area contributed by atoms with Gasteiger partial charge in [-0.1, -0.05) is 0 Å². The Morgan fingerprint density at radius 1 is 1.00 bits per heavy atom. The maximum absolute atomic E-state index is 13.4. The number of rotatable bonds is 7. The minimum absolute atomic E-state index is 0.0436. The zero-order valence-corrected chi connectivity index (χ0v) is 19.2. The molecule has 0 radical (unpaired) electrons. The van der Waals surface area contributed by atoms with Crippen molar-refractivity contribution in [1.82, 2.24) is 0 Å². The summed E-state index contributed by atoms with van der Waals surface area (Å²) in [5.74, 6) is 0.161. The summed E-state index contributed by atoms with van der Waals surface area (Å²) in [4.78, 5) is 14.7. The highest BCUT2D eigenvalue weighted by atomic mass is 32.2. The highest BCUT2D eigenvalue weighted by molar-refractivity contribution is 7.92. The maximum Gasteiger partial charge on any atom is 0.294 e. The number of hydrogen-bond donors (Lipinski definition) is 2. The Labute approximate surface area is 193 Å². The number of ether oxygens (including phenoxy) is 3. The van der Waals surface area contributed by atoms with Crippen LogP contribution >= 0.6 is 0 Å². The van der Waals surface area contributed by atoms with E-state index in [0.29, 0.717) is 29.4 Å². The number of nitrogens with zero attached hydrogens (tertiary/aromatic N) is 1. The molecule has 0 saturated carbocycles. The number of methoxy groups -OCH3 is 1. The zero-order chi connectivity index (χ0) is 23.3. The Morgan fingerprint density at radius 3 is 2.39 bits per heavy atom. The predicted molar refractivity (Wildman–Crippen MR) is 125 cm³/mol. The van der Waals surface area contributed by atoms with Gasteiger partial charge in [-0.3, -0.25) is 9.52 Å². The van der Waals surface area contributed by atoms with Gasteiger partial charge in [-0.2, -0.15) is 0 Å². The average Bonchev–Trinajstić information content (AvgIpc) is 2.85. The summed E-state index contributed by atoms with van der Waals surface area (Å²) in [6.07, 6.45) is 4.36. The Hall–Kier alpha value is -3.40. The number of carbonyl (C=O) groups is 1. The fraction of sp³-hybridized carbons (Fsp3) is 0.348. The van der Waals surface area contributed by atoms with Gasteiger partial charge in [0, 0.05) is 24.5 Å². The summed E-state index contributed by atoms with van der Waals surface area (Å²) in [7, 11) is -2.40. The number of amides is 1. The molecule has 2 aliphatic heterocycles. The summed E-state index contributed by atoms with van der Waals surface area (Å²) in [6, 6.07) is 11.5. The summed E-state index contributed by atoms with van der Waals surface area (Å²) in [6.45, 7) is 2.20. The fourth-order valence-electron chi connectivity index (χ4n) is 3.75. The maximum atomic E-state index is 13.4. The van der Waals surface area contributed by atoms with Crippen LogP contribution in [-0.4, -0.2) is 47.7 Å². The van der Waals surface area contributed by atoms with Crippen LogP contribution in [0.25, 0.3) is 0 Å². The van der Waals surface area contributed by atoms with Gasteiger partial charge in [0.1, 0.15) is 30.1 Å². The van der Waals surface area contributed by atoms with Crippen molar-refractivity contribution in [2.24, 2.45) is 0 Å². The third kappa shape index (κ3) is 5.51. The lowest BCUT2D eigenvalue weighted by atomic mass is 10.1. The predicted octanol–water partition coefficient (Wildman–Crippen LogP) is 3.31. The minimum Gasteiger partial charge on any atom is -0.497 e. The van der Waals surface area contributed by atoms with Crippen molar-refractivity contribution in [1.29, 1.82) is 0 Å². The molecule has 2 heterocycles. The van der Waals surface area contributed by atoms with Crippen LogP contribution in [0.2, 0.25) is 0 Å². The molecule has 4 rings (SSSR count). The van der Waals surface area contributed by atoms with E-state index in [1.54, 1.807) is 43.5 Å². The number of hydrogen-bond acceptors (Lipinski definition) is 7. The van der Waals surface area contributed by atoms with Gasteiger partial charge in [0.05, 0.1) is 12.8 Å². The van der Waals surface area contributed by atoms with Gasteiger partial charge < -0.3 is 24.4 Å². The first-order valence-electron chi connectivity index (χ1n) is 10.8. The highest BCUT2D eigenvalue weighted by Gasteiger charge is 2.25. The van der Waals surface area contributed by atoms with Crippen molar-refractivity contribution in [2.45, 2.75) is 24.2 Å². The Morgan fingerprint density at radius 2 is 1.73 bits per heavy atom. The Balaban J connectivity index is 1.65. The number of carbonyl (C=O) groups excluding carboxylic acids is 1. The van der Waals surface area contributed by atoms with Gasteiger partial charge in [0.25, 0.3) is 15.9 Å². The monoisotopic (exact) mass is 473 g/mol. The molecule has 10 heteroatoms. The van der Waals surface area contributed by atoms with Gasteiger partial charge in [-0.05, 0) is 61.7 Å². The van der Waals surface area contributed by atoms with Crippen molar-refractivity contribution < 1.29 is 27.4 Å². The highest BCUT2D eigenvalue weighted by Crippen LogP contribution is 2.32. The van der Waals surface area contributed by atoms with Crippen LogP contribution in [-0.2, 0) is 24.3 Å². The third-order valence-electron chi connectivity index (χ3n) is 5.42. The quantitative estimate of drug-likeness (QED) is 0.635. The van der Waals surface area contributed by atoms with Gasteiger partial charge in [-0.15, -0.1) is 0 Å². The van der Waals surface area contributed by atoms with Gasteiger partial charge >= 0.3 is 0 Å². The smallest absolute Gasteiger partial charge is 0.294 e. The summed E-state index contributed by atoms with van der Waals surface area (Å²) < 4.78 is 45.0. The van der Waals surface area contributed by atoms with Crippen molar-refractivity contribution in [3.05, 3.63) is 54.5 Å². The second-order valence-electron chi connectivity index (χ2n) is 7.72. The molecule has 2 aromatic rings. The molecular weight excluding hydrogens is 446 g/mol. The molecule has 0 aromatic heterocycles. The fourth-order valence-corrected chi connectivity index (χ4v) is 5.06. The molecule has 2 aromatic carbocycles. The summed E-state index contributed by atoms with van der Waals surface area (Å²) >= 11 is 0. The normalized spacial score (nSPS) is 16.2. The number of benzene rings is 2. The first-order chi connectivity index (χ1) is 16.0. The molecule has 1 fully saturated rings. The molecule has 0 spiro atoms. The molecule has 1 amide bonds. The average molecular weight is 474 g/mol. The van der Waals surface area contributed by atoms with Gasteiger partial charge in [0.2, 0.25) is 5.76 Å². The number of nitrogens with one attached hydrogen (secondary N) is 2. The topological polar surface area (TPSA) is 106 Å². The third-order valence-corrected chi connectivity index (χ3v) is 6.83. The molecule has 33 heavy (non-hydrogen) atoms. The number of piperidine rings is 1. The second-order valence-corrected chi connectivity index (χ2v) is 9.37.